The molecular formula is C18H23Cl2FN4O2S. The fourth-order valence-corrected chi connectivity index (χ4v) is 5.15. The molecule has 2 aromatic carbocycles. The number of anilines is 3. The fourth-order valence-electron chi connectivity index (χ4n) is 3.45. The molecule has 2 aliphatic rings. The third-order valence-corrected chi connectivity index (χ3v) is 6.57. The fraction of sp³-hybridized carbons (Fsp3) is 0.333. The molecule has 2 aliphatic heterocycles. The van der Waals surface area contributed by atoms with Crippen molar-refractivity contribution in [2.24, 2.45) is 0 Å². The summed E-state index contributed by atoms with van der Waals surface area (Å²) in [7, 11) is -3.75. The van der Waals surface area contributed by atoms with E-state index in [2.05, 4.69) is 10.2 Å². The van der Waals surface area contributed by atoms with Crippen LogP contribution < -0.4 is 13.9 Å². The standard InChI is InChI=1S/C18H21FN4O2S.2ClH/c19-15-5-7-16(8-6-15)23-18-4-2-1-3-17(18)22(26(23,24)25)14-13-21-11-9-20-10-12-21;;/h1-8,20H,9-14H2;2*1H. The zero-order valence-electron chi connectivity index (χ0n) is 15.1. The van der Waals surface area contributed by atoms with Crippen LogP contribution in [-0.2, 0) is 10.2 Å². The smallest absolute Gasteiger partial charge is 0.314 e. The van der Waals surface area contributed by atoms with Gasteiger partial charge in [-0.05, 0) is 36.4 Å². The van der Waals surface area contributed by atoms with Crippen LogP contribution in [0.25, 0.3) is 0 Å². The van der Waals surface area contributed by atoms with E-state index in [4.69, 9.17) is 0 Å². The summed E-state index contributed by atoms with van der Waals surface area (Å²) in [4.78, 5) is 2.26. The zero-order chi connectivity index (χ0) is 18.1. The van der Waals surface area contributed by atoms with E-state index < -0.39 is 16.0 Å². The molecule has 0 spiro atoms. The third-order valence-electron chi connectivity index (χ3n) is 4.77. The number of halogens is 3. The number of nitrogens with one attached hydrogen (secondary N) is 1. The lowest BCUT2D eigenvalue weighted by Gasteiger charge is -2.29. The second-order valence-corrected chi connectivity index (χ2v) is 8.10. The molecule has 2 heterocycles. The molecular weight excluding hydrogens is 426 g/mol. The maximum Gasteiger partial charge on any atom is 0.331 e. The monoisotopic (exact) mass is 448 g/mol. The maximum atomic E-state index is 13.3. The van der Waals surface area contributed by atoms with Crippen molar-refractivity contribution in [2.75, 3.05) is 47.9 Å². The van der Waals surface area contributed by atoms with E-state index in [-0.39, 0.29) is 24.8 Å². The summed E-state index contributed by atoms with van der Waals surface area (Å²) in [5.74, 6) is -0.394. The van der Waals surface area contributed by atoms with E-state index in [1.165, 1.54) is 32.9 Å². The highest BCUT2D eigenvalue weighted by Crippen LogP contribution is 2.44. The van der Waals surface area contributed by atoms with Gasteiger partial charge in [0.05, 0.1) is 17.1 Å². The number of nitrogens with zero attached hydrogens (tertiary/aromatic N) is 3. The van der Waals surface area contributed by atoms with E-state index in [0.717, 1.165) is 26.2 Å². The summed E-state index contributed by atoms with van der Waals surface area (Å²) < 4.78 is 42.5. The van der Waals surface area contributed by atoms with Crippen molar-refractivity contribution >= 4 is 52.1 Å². The molecule has 0 bridgehead atoms. The Labute approximate surface area is 177 Å². The number of hydrogen-bond donors (Lipinski definition) is 1. The van der Waals surface area contributed by atoms with Gasteiger partial charge in [0, 0.05) is 39.3 Å². The van der Waals surface area contributed by atoms with Gasteiger partial charge in [-0.2, -0.15) is 8.42 Å². The van der Waals surface area contributed by atoms with E-state index in [1.54, 1.807) is 6.07 Å². The predicted molar refractivity (Wildman–Crippen MR) is 115 cm³/mol. The van der Waals surface area contributed by atoms with Gasteiger partial charge in [0.1, 0.15) is 5.82 Å². The van der Waals surface area contributed by atoms with Gasteiger partial charge in [0.2, 0.25) is 0 Å². The first-order valence-corrected chi connectivity index (χ1v) is 10.1. The van der Waals surface area contributed by atoms with E-state index in [0.29, 0.717) is 30.2 Å². The average molecular weight is 449 g/mol. The second-order valence-electron chi connectivity index (χ2n) is 6.40. The van der Waals surface area contributed by atoms with Crippen LogP contribution in [0.2, 0.25) is 0 Å². The molecule has 4 rings (SSSR count). The van der Waals surface area contributed by atoms with E-state index in [1.807, 2.05) is 18.2 Å². The van der Waals surface area contributed by atoms with Gasteiger partial charge in [0.25, 0.3) is 0 Å². The molecule has 154 valence electrons. The quantitative estimate of drug-likeness (QED) is 0.780. The Morgan fingerprint density at radius 1 is 0.893 bits per heavy atom. The molecule has 0 radical (unpaired) electrons. The highest BCUT2D eigenvalue weighted by molar-refractivity contribution is 7.95. The van der Waals surface area contributed by atoms with Gasteiger partial charge in [-0.25, -0.2) is 13.0 Å². The molecule has 2 aromatic rings. The molecule has 1 N–H and O–H groups in total. The lowest BCUT2D eigenvalue weighted by Crippen LogP contribution is -2.47. The summed E-state index contributed by atoms with van der Waals surface area (Å²) in [6.45, 7) is 4.73. The van der Waals surface area contributed by atoms with Crippen molar-refractivity contribution in [3.05, 3.63) is 54.3 Å². The van der Waals surface area contributed by atoms with Crippen molar-refractivity contribution in [1.29, 1.82) is 0 Å². The Kier molecular flexibility index (Phi) is 7.52. The van der Waals surface area contributed by atoms with Gasteiger partial charge in [0.15, 0.2) is 0 Å². The van der Waals surface area contributed by atoms with Gasteiger partial charge in [-0.15, -0.1) is 24.8 Å². The Balaban J connectivity index is 0.00000140. The van der Waals surface area contributed by atoms with Gasteiger partial charge >= 0.3 is 10.2 Å². The number of hydrogen-bond acceptors (Lipinski definition) is 4. The summed E-state index contributed by atoms with van der Waals surface area (Å²) in [5.41, 5.74) is 1.69. The van der Waals surface area contributed by atoms with Crippen LogP contribution in [0.5, 0.6) is 0 Å². The topological polar surface area (TPSA) is 55.9 Å². The Hall–Kier alpha value is -1.58. The summed E-state index contributed by atoms with van der Waals surface area (Å²) in [6.07, 6.45) is 0. The summed E-state index contributed by atoms with van der Waals surface area (Å²) in [5, 5.41) is 3.30. The lowest BCUT2D eigenvalue weighted by atomic mass is 10.2. The second kappa shape index (κ2) is 9.28. The first-order valence-electron chi connectivity index (χ1n) is 8.68. The van der Waals surface area contributed by atoms with Crippen molar-refractivity contribution in [1.82, 2.24) is 10.2 Å². The number of fused-ring (bicyclic) bond motifs is 1. The first kappa shape index (κ1) is 22.7. The van der Waals surface area contributed by atoms with Crippen LogP contribution in [0.1, 0.15) is 0 Å². The van der Waals surface area contributed by atoms with Crippen molar-refractivity contribution in [3.8, 4) is 0 Å². The molecule has 0 amide bonds. The zero-order valence-corrected chi connectivity index (χ0v) is 17.6. The highest BCUT2D eigenvalue weighted by atomic mass is 35.5. The van der Waals surface area contributed by atoms with Crippen LogP contribution in [0.15, 0.2) is 48.5 Å². The molecule has 0 aliphatic carbocycles. The van der Waals surface area contributed by atoms with Crippen molar-refractivity contribution in [3.63, 3.8) is 0 Å². The molecule has 0 unspecified atom stereocenters. The molecule has 0 aromatic heterocycles. The van der Waals surface area contributed by atoms with Crippen molar-refractivity contribution < 1.29 is 12.8 Å². The van der Waals surface area contributed by atoms with Gasteiger partial charge < -0.3 is 5.32 Å². The third kappa shape index (κ3) is 4.21. The Morgan fingerprint density at radius 2 is 1.50 bits per heavy atom. The van der Waals surface area contributed by atoms with Gasteiger partial charge in [-0.1, -0.05) is 12.1 Å². The van der Waals surface area contributed by atoms with E-state index in [9.17, 15) is 12.8 Å². The minimum atomic E-state index is -3.75. The first-order chi connectivity index (χ1) is 12.6. The molecule has 6 nitrogen and oxygen atoms in total. The minimum absolute atomic E-state index is 0. The number of piperazine rings is 1. The number of rotatable bonds is 4. The predicted octanol–water partition coefficient (Wildman–Crippen LogP) is 2.78. The molecule has 0 atom stereocenters. The minimum Gasteiger partial charge on any atom is -0.314 e. The lowest BCUT2D eigenvalue weighted by molar-refractivity contribution is 0.248. The molecule has 1 saturated heterocycles. The molecule has 28 heavy (non-hydrogen) atoms. The van der Waals surface area contributed by atoms with Crippen LogP contribution in [0, 0.1) is 5.82 Å². The summed E-state index contributed by atoms with van der Waals surface area (Å²) >= 11 is 0. The van der Waals surface area contributed by atoms with Crippen LogP contribution in [0.3, 0.4) is 0 Å². The highest BCUT2D eigenvalue weighted by Gasteiger charge is 2.41. The average Bonchev–Trinajstić information content (AvgIpc) is 2.88. The van der Waals surface area contributed by atoms with E-state index >= 15 is 0 Å². The molecule has 1 fully saturated rings. The Morgan fingerprint density at radius 3 is 2.14 bits per heavy atom. The largest absolute Gasteiger partial charge is 0.331 e. The Bertz CT molecular complexity index is 893. The van der Waals surface area contributed by atoms with Gasteiger partial charge in [-0.3, -0.25) is 4.90 Å². The maximum absolute atomic E-state index is 13.3. The number of para-hydroxylation sites is 2. The molecule has 10 heteroatoms. The van der Waals surface area contributed by atoms with Crippen LogP contribution >= 0.6 is 24.8 Å². The van der Waals surface area contributed by atoms with Crippen LogP contribution in [0.4, 0.5) is 21.5 Å². The summed E-state index contributed by atoms with van der Waals surface area (Å²) in [6, 6.07) is 12.8. The normalized spacial score (nSPS) is 18.2. The SMILES string of the molecule is Cl.Cl.O=S1(=O)N(CCN2CCNCC2)c2ccccc2N1c1ccc(F)cc1. The number of benzene rings is 2. The van der Waals surface area contributed by atoms with Crippen molar-refractivity contribution in [2.45, 2.75) is 0 Å². The van der Waals surface area contributed by atoms with Crippen LogP contribution in [-0.4, -0.2) is 52.6 Å². The molecule has 0 saturated carbocycles.